The average molecular weight is 252 g/mol. The Balaban J connectivity index is 3.01. The fourth-order valence-electron chi connectivity index (χ4n) is 0.445. The Hall–Kier alpha value is 0.160. The summed E-state index contributed by atoms with van der Waals surface area (Å²) in [5.74, 6) is 0. The number of aromatic nitrogens is 2. The smallest absolute Gasteiger partial charge is 0.0642 e. The van der Waals surface area contributed by atoms with Crippen LogP contribution in [-0.2, 0) is 0 Å². The maximum Gasteiger partial charge on any atom is 0.0642 e. The Labute approximate surface area is 71.6 Å². The molecule has 0 aromatic carbocycles. The Bertz CT molecular complexity index is 204. The standard InChI is InChI=1S/C5H5IN2S/c1-9-5-3-8-7-2-4(5)6/h2-3H,1H3. The Morgan fingerprint density at radius 2 is 2.11 bits per heavy atom. The summed E-state index contributed by atoms with van der Waals surface area (Å²) < 4.78 is 1.16. The van der Waals surface area contributed by atoms with Gasteiger partial charge in [0.1, 0.15) is 0 Å². The molecule has 0 fully saturated rings. The third-order valence-corrected chi connectivity index (χ3v) is 2.86. The van der Waals surface area contributed by atoms with Crippen LogP contribution in [0.4, 0.5) is 0 Å². The second-order valence-electron chi connectivity index (χ2n) is 1.41. The van der Waals surface area contributed by atoms with Crippen LogP contribution in [0.3, 0.4) is 0 Å². The molecule has 0 amide bonds. The summed E-state index contributed by atoms with van der Waals surface area (Å²) in [6.45, 7) is 0. The van der Waals surface area contributed by atoms with Crippen molar-refractivity contribution in [3.8, 4) is 0 Å². The zero-order valence-electron chi connectivity index (χ0n) is 4.84. The molecule has 0 aliphatic carbocycles. The van der Waals surface area contributed by atoms with Crippen molar-refractivity contribution in [1.29, 1.82) is 0 Å². The van der Waals surface area contributed by atoms with E-state index in [-0.39, 0.29) is 0 Å². The summed E-state index contributed by atoms with van der Waals surface area (Å²) in [7, 11) is 0. The summed E-state index contributed by atoms with van der Waals surface area (Å²) in [5, 5.41) is 7.46. The van der Waals surface area contributed by atoms with Gasteiger partial charge in [0.25, 0.3) is 0 Å². The van der Waals surface area contributed by atoms with Crippen molar-refractivity contribution >= 4 is 34.4 Å². The average Bonchev–Trinajstić information content (AvgIpc) is 1.89. The highest BCUT2D eigenvalue weighted by molar-refractivity contribution is 14.1. The lowest BCUT2D eigenvalue weighted by Crippen LogP contribution is -1.83. The number of hydrogen-bond acceptors (Lipinski definition) is 3. The van der Waals surface area contributed by atoms with Crippen molar-refractivity contribution in [1.82, 2.24) is 10.2 Å². The minimum atomic E-state index is 1.16. The van der Waals surface area contributed by atoms with Gasteiger partial charge in [-0.25, -0.2) is 0 Å². The lowest BCUT2D eigenvalue weighted by atomic mass is 10.6. The summed E-state index contributed by atoms with van der Waals surface area (Å²) in [5.41, 5.74) is 0. The number of nitrogens with zero attached hydrogens (tertiary/aromatic N) is 2. The van der Waals surface area contributed by atoms with E-state index in [0.29, 0.717) is 0 Å². The normalized spacial score (nSPS) is 9.56. The van der Waals surface area contributed by atoms with Gasteiger partial charge in [-0.2, -0.15) is 10.2 Å². The molecule has 0 radical (unpaired) electrons. The molecule has 0 spiro atoms. The molecule has 2 nitrogen and oxygen atoms in total. The van der Waals surface area contributed by atoms with Crippen LogP contribution in [0.2, 0.25) is 0 Å². The SMILES string of the molecule is CSc1cnncc1I. The van der Waals surface area contributed by atoms with Crippen molar-refractivity contribution in [2.24, 2.45) is 0 Å². The van der Waals surface area contributed by atoms with Crippen LogP contribution < -0.4 is 0 Å². The predicted molar refractivity (Wildman–Crippen MR) is 46.5 cm³/mol. The van der Waals surface area contributed by atoms with E-state index in [1.165, 1.54) is 4.90 Å². The molecule has 0 atom stereocenters. The van der Waals surface area contributed by atoms with E-state index < -0.39 is 0 Å². The van der Waals surface area contributed by atoms with Gasteiger partial charge in [-0.1, -0.05) is 0 Å². The molecule has 1 rings (SSSR count). The lowest BCUT2D eigenvalue weighted by molar-refractivity contribution is 0.984. The van der Waals surface area contributed by atoms with Gasteiger partial charge in [-0.05, 0) is 28.8 Å². The van der Waals surface area contributed by atoms with Gasteiger partial charge in [-0.3, -0.25) is 0 Å². The van der Waals surface area contributed by atoms with Gasteiger partial charge in [-0.15, -0.1) is 11.8 Å². The maximum absolute atomic E-state index is 3.74. The Morgan fingerprint density at radius 1 is 1.44 bits per heavy atom. The highest BCUT2D eigenvalue weighted by Crippen LogP contribution is 2.18. The van der Waals surface area contributed by atoms with E-state index in [0.717, 1.165) is 3.57 Å². The molecular weight excluding hydrogens is 247 g/mol. The first-order valence-electron chi connectivity index (χ1n) is 2.35. The molecule has 0 bridgehead atoms. The molecule has 4 heteroatoms. The van der Waals surface area contributed by atoms with Crippen molar-refractivity contribution in [2.45, 2.75) is 4.90 Å². The summed E-state index contributed by atoms with van der Waals surface area (Å²) in [4.78, 5) is 1.19. The van der Waals surface area contributed by atoms with Crippen LogP contribution in [-0.4, -0.2) is 16.5 Å². The van der Waals surface area contributed by atoms with Gasteiger partial charge < -0.3 is 0 Å². The zero-order valence-corrected chi connectivity index (χ0v) is 7.81. The van der Waals surface area contributed by atoms with E-state index in [1.807, 2.05) is 6.26 Å². The van der Waals surface area contributed by atoms with E-state index in [1.54, 1.807) is 24.2 Å². The van der Waals surface area contributed by atoms with E-state index >= 15 is 0 Å². The molecule has 48 valence electrons. The van der Waals surface area contributed by atoms with E-state index in [2.05, 4.69) is 32.8 Å². The topological polar surface area (TPSA) is 25.8 Å². The van der Waals surface area contributed by atoms with Crippen molar-refractivity contribution < 1.29 is 0 Å². The van der Waals surface area contributed by atoms with Crippen LogP contribution in [0.1, 0.15) is 0 Å². The first kappa shape index (κ1) is 7.27. The van der Waals surface area contributed by atoms with Crippen molar-refractivity contribution in [2.75, 3.05) is 6.26 Å². The van der Waals surface area contributed by atoms with Gasteiger partial charge in [0, 0.05) is 8.47 Å². The highest BCUT2D eigenvalue weighted by Gasteiger charge is 1.94. The van der Waals surface area contributed by atoms with Crippen molar-refractivity contribution in [3.63, 3.8) is 0 Å². The molecule has 1 aromatic heterocycles. The molecule has 1 heterocycles. The number of rotatable bonds is 1. The van der Waals surface area contributed by atoms with E-state index in [9.17, 15) is 0 Å². The largest absolute Gasteiger partial charge is 0.158 e. The summed E-state index contributed by atoms with van der Waals surface area (Å²) in [6.07, 6.45) is 5.55. The van der Waals surface area contributed by atoms with Gasteiger partial charge in [0.15, 0.2) is 0 Å². The van der Waals surface area contributed by atoms with Crippen LogP contribution in [0.15, 0.2) is 17.3 Å². The molecule has 0 saturated carbocycles. The minimum absolute atomic E-state index is 1.16. The summed E-state index contributed by atoms with van der Waals surface area (Å²) >= 11 is 3.92. The van der Waals surface area contributed by atoms with Gasteiger partial charge >= 0.3 is 0 Å². The molecule has 0 unspecified atom stereocenters. The fraction of sp³-hybridized carbons (Fsp3) is 0.200. The number of thioether (sulfide) groups is 1. The molecule has 0 aliphatic rings. The molecule has 9 heavy (non-hydrogen) atoms. The molecule has 0 saturated heterocycles. The third-order valence-electron chi connectivity index (χ3n) is 0.868. The first-order valence-corrected chi connectivity index (χ1v) is 4.65. The minimum Gasteiger partial charge on any atom is -0.158 e. The van der Waals surface area contributed by atoms with Crippen LogP contribution >= 0.6 is 34.4 Å². The van der Waals surface area contributed by atoms with Crippen LogP contribution in [0.5, 0.6) is 0 Å². The van der Waals surface area contributed by atoms with Gasteiger partial charge in [0.05, 0.1) is 12.4 Å². The Kier molecular flexibility index (Phi) is 2.71. The quantitative estimate of drug-likeness (QED) is 0.563. The zero-order chi connectivity index (χ0) is 6.69. The maximum atomic E-state index is 3.74. The molecular formula is C5H5IN2S. The highest BCUT2D eigenvalue weighted by atomic mass is 127. The van der Waals surface area contributed by atoms with Crippen LogP contribution in [0, 0.1) is 3.57 Å². The predicted octanol–water partition coefficient (Wildman–Crippen LogP) is 1.80. The second-order valence-corrected chi connectivity index (χ2v) is 3.42. The number of hydrogen-bond donors (Lipinski definition) is 0. The first-order chi connectivity index (χ1) is 4.34. The summed E-state index contributed by atoms with van der Waals surface area (Å²) in [6, 6.07) is 0. The monoisotopic (exact) mass is 252 g/mol. The fourth-order valence-corrected chi connectivity index (χ4v) is 1.77. The lowest BCUT2D eigenvalue weighted by Gasteiger charge is -1.94. The molecule has 1 aromatic rings. The third kappa shape index (κ3) is 1.79. The molecule has 0 N–H and O–H groups in total. The Morgan fingerprint density at radius 3 is 2.56 bits per heavy atom. The van der Waals surface area contributed by atoms with E-state index in [4.69, 9.17) is 0 Å². The van der Waals surface area contributed by atoms with Crippen molar-refractivity contribution in [3.05, 3.63) is 16.0 Å². The van der Waals surface area contributed by atoms with Gasteiger partial charge in [0.2, 0.25) is 0 Å². The second kappa shape index (κ2) is 3.36. The van der Waals surface area contributed by atoms with Crippen LogP contribution in [0.25, 0.3) is 0 Å². The molecule has 0 aliphatic heterocycles. The number of halogens is 1.